The number of ether oxygens (including phenoxy) is 1. The van der Waals surface area contributed by atoms with Crippen molar-refractivity contribution in [3.8, 4) is 0 Å². The Bertz CT molecular complexity index is 518. The van der Waals surface area contributed by atoms with Gasteiger partial charge in [-0.25, -0.2) is 9.59 Å². The number of hydrogen-bond donors (Lipinski definition) is 3. The summed E-state index contributed by atoms with van der Waals surface area (Å²) in [5.41, 5.74) is 0.798. The minimum Gasteiger partial charge on any atom is -0.480 e. The summed E-state index contributed by atoms with van der Waals surface area (Å²) in [4.78, 5) is 33.7. The molecule has 0 radical (unpaired) electrons. The predicted molar refractivity (Wildman–Crippen MR) is 81.4 cm³/mol. The van der Waals surface area contributed by atoms with E-state index in [4.69, 9.17) is 9.84 Å². The normalized spacial score (nSPS) is 11.0. The van der Waals surface area contributed by atoms with Gasteiger partial charge < -0.3 is 20.5 Å². The van der Waals surface area contributed by atoms with E-state index in [0.717, 1.165) is 5.56 Å². The van der Waals surface area contributed by atoms with Gasteiger partial charge in [0.2, 0.25) is 5.91 Å². The van der Waals surface area contributed by atoms with Crippen LogP contribution in [-0.4, -0.2) is 35.7 Å². The molecule has 1 aromatic carbocycles. The number of carboxylic acid groups (broad SMARTS) is 1. The predicted octanol–water partition coefficient (Wildman–Crippen LogP) is 1.27. The first-order valence-corrected chi connectivity index (χ1v) is 7.32. The van der Waals surface area contributed by atoms with Gasteiger partial charge in [0.25, 0.3) is 0 Å². The molecule has 1 rings (SSSR count). The summed E-state index contributed by atoms with van der Waals surface area (Å²) in [7, 11) is 0. The minimum atomic E-state index is -1.09. The van der Waals surface area contributed by atoms with Gasteiger partial charge in [-0.05, 0) is 36.6 Å². The van der Waals surface area contributed by atoms with Crippen molar-refractivity contribution in [3.63, 3.8) is 0 Å². The van der Waals surface area contributed by atoms with E-state index in [1.807, 2.05) is 0 Å². The third kappa shape index (κ3) is 7.71. The van der Waals surface area contributed by atoms with Crippen molar-refractivity contribution < 1.29 is 24.2 Å². The number of aliphatic carboxylic acids is 1. The van der Waals surface area contributed by atoms with Crippen LogP contribution in [0.2, 0.25) is 0 Å². The van der Waals surface area contributed by atoms with E-state index in [1.165, 1.54) is 0 Å². The fraction of sp³-hybridized carbons (Fsp3) is 0.438. The Labute approximate surface area is 135 Å². The summed E-state index contributed by atoms with van der Waals surface area (Å²) in [6.45, 7) is 2.04. The topological polar surface area (TPSA) is 105 Å². The van der Waals surface area contributed by atoms with Gasteiger partial charge in [-0.1, -0.05) is 19.1 Å². The van der Waals surface area contributed by atoms with Crippen LogP contribution in [-0.2, 0) is 20.9 Å². The van der Waals surface area contributed by atoms with Gasteiger partial charge >= 0.3 is 12.1 Å². The molecular formula is C16H20N2O5. The molecule has 2 amide bonds. The Morgan fingerprint density at radius 1 is 1.35 bits per heavy atom. The van der Waals surface area contributed by atoms with Crippen LogP contribution in [0.4, 0.5) is 4.79 Å². The lowest BCUT2D eigenvalue weighted by Crippen LogP contribution is -2.41. The SMILES string of the molecule is CCC(=O)NC(CCCNC(=O)OCc1cc#ccc1)C(=O)O. The summed E-state index contributed by atoms with van der Waals surface area (Å²) in [6.07, 6.45) is 0.278. The quantitative estimate of drug-likeness (QED) is 0.594. The maximum Gasteiger partial charge on any atom is 0.407 e. The van der Waals surface area contributed by atoms with Crippen molar-refractivity contribution in [2.75, 3.05) is 6.54 Å². The van der Waals surface area contributed by atoms with Gasteiger partial charge in [-0.2, -0.15) is 0 Å². The van der Waals surface area contributed by atoms with E-state index in [0.29, 0.717) is 6.42 Å². The Morgan fingerprint density at radius 2 is 2.13 bits per heavy atom. The lowest BCUT2D eigenvalue weighted by molar-refractivity contribution is -0.142. The maximum atomic E-state index is 11.5. The number of hydrogen-bond acceptors (Lipinski definition) is 4. The van der Waals surface area contributed by atoms with Gasteiger partial charge in [0.1, 0.15) is 12.6 Å². The van der Waals surface area contributed by atoms with E-state index in [9.17, 15) is 14.4 Å². The van der Waals surface area contributed by atoms with Gasteiger partial charge in [-0.15, -0.1) is 0 Å². The molecular weight excluding hydrogens is 300 g/mol. The van der Waals surface area contributed by atoms with Gasteiger partial charge in [0.05, 0.1) is 0 Å². The Kier molecular flexibility index (Phi) is 8.00. The molecule has 0 aliphatic carbocycles. The van der Waals surface area contributed by atoms with E-state index in [1.54, 1.807) is 25.1 Å². The Morgan fingerprint density at radius 3 is 2.74 bits per heavy atom. The number of carbonyl (C=O) groups excluding carboxylic acids is 2. The van der Waals surface area contributed by atoms with Crippen molar-refractivity contribution in [1.29, 1.82) is 0 Å². The number of carbonyl (C=O) groups is 3. The highest BCUT2D eigenvalue weighted by Crippen LogP contribution is 2.00. The average Bonchev–Trinajstić information content (AvgIpc) is 2.56. The van der Waals surface area contributed by atoms with Crippen LogP contribution in [0.1, 0.15) is 31.7 Å². The standard InChI is InChI=1S/C16H20N2O5/c1-2-14(19)18-13(15(20)21)9-6-10-17-16(22)23-11-12-7-4-3-5-8-12/h4,7-8,13H,2,6,9-11H2,1H3,(H,17,22)(H,18,19)(H,20,21). The Hall–Kier alpha value is -2.75. The smallest absolute Gasteiger partial charge is 0.407 e. The van der Waals surface area contributed by atoms with Crippen molar-refractivity contribution in [2.45, 2.75) is 38.8 Å². The number of rotatable bonds is 9. The van der Waals surface area contributed by atoms with Gasteiger partial charge in [0.15, 0.2) is 0 Å². The molecule has 124 valence electrons. The van der Waals surface area contributed by atoms with Gasteiger partial charge in [0, 0.05) is 13.0 Å². The highest BCUT2D eigenvalue weighted by Gasteiger charge is 2.18. The number of carboxylic acids is 1. The van der Waals surface area contributed by atoms with Crippen molar-refractivity contribution in [2.24, 2.45) is 0 Å². The van der Waals surface area contributed by atoms with E-state index in [-0.39, 0.29) is 31.9 Å². The molecule has 7 nitrogen and oxygen atoms in total. The third-order valence-corrected chi connectivity index (χ3v) is 2.98. The molecule has 3 N–H and O–H groups in total. The van der Waals surface area contributed by atoms with Crippen LogP contribution < -0.4 is 10.6 Å². The molecule has 23 heavy (non-hydrogen) atoms. The van der Waals surface area contributed by atoms with Crippen LogP contribution in [0.15, 0.2) is 18.2 Å². The third-order valence-electron chi connectivity index (χ3n) is 2.98. The second-order valence-corrected chi connectivity index (χ2v) is 4.80. The van der Waals surface area contributed by atoms with Crippen LogP contribution in [0, 0.1) is 12.1 Å². The molecule has 1 atom stereocenters. The van der Waals surface area contributed by atoms with Crippen molar-refractivity contribution >= 4 is 18.0 Å². The summed E-state index contributed by atoms with van der Waals surface area (Å²) >= 11 is 0. The van der Waals surface area contributed by atoms with E-state index in [2.05, 4.69) is 22.8 Å². The minimum absolute atomic E-state index is 0.126. The number of alkyl carbamates (subject to hydrolysis) is 1. The van der Waals surface area contributed by atoms with Crippen LogP contribution in [0.25, 0.3) is 0 Å². The van der Waals surface area contributed by atoms with E-state index < -0.39 is 18.1 Å². The molecule has 1 aromatic rings. The van der Waals surface area contributed by atoms with Crippen LogP contribution >= 0.6 is 0 Å². The summed E-state index contributed by atoms with van der Waals surface area (Å²) in [5.74, 6) is -1.41. The number of nitrogens with one attached hydrogen (secondary N) is 2. The highest BCUT2D eigenvalue weighted by atomic mass is 16.5. The summed E-state index contributed by atoms with van der Waals surface area (Å²) < 4.78 is 4.99. The molecule has 1 unspecified atom stereocenters. The summed E-state index contributed by atoms with van der Waals surface area (Å²) in [5, 5.41) is 13.9. The zero-order chi connectivity index (χ0) is 17.1. The molecule has 7 heteroatoms. The first-order chi connectivity index (χ1) is 11.0. The van der Waals surface area contributed by atoms with Crippen LogP contribution in [0.3, 0.4) is 0 Å². The van der Waals surface area contributed by atoms with Gasteiger partial charge in [-0.3, -0.25) is 4.79 Å². The first-order valence-electron chi connectivity index (χ1n) is 7.32. The number of amides is 2. The van der Waals surface area contributed by atoms with Crippen LogP contribution in [0.5, 0.6) is 0 Å². The average molecular weight is 320 g/mol. The summed E-state index contributed by atoms with van der Waals surface area (Å²) in [6, 6.07) is 9.65. The van der Waals surface area contributed by atoms with Crippen molar-refractivity contribution in [1.82, 2.24) is 10.6 Å². The highest BCUT2D eigenvalue weighted by molar-refractivity contribution is 5.83. The second kappa shape index (κ2) is 10.1. The monoisotopic (exact) mass is 320 g/mol. The second-order valence-electron chi connectivity index (χ2n) is 4.80. The molecule has 0 aliphatic heterocycles. The maximum absolute atomic E-state index is 11.5. The largest absolute Gasteiger partial charge is 0.480 e. The lowest BCUT2D eigenvalue weighted by atomic mass is 10.1. The Balaban J connectivity index is 2.20. The fourth-order valence-corrected chi connectivity index (χ4v) is 1.72. The molecule has 0 spiro atoms. The lowest BCUT2D eigenvalue weighted by Gasteiger charge is -2.14. The molecule has 0 saturated carbocycles. The molecule has 0 aromatic heterocycles. The molecule has 0 fully saturated rings. The van der Waals surface area contributed by atoms with Crippen molar-refractivity contribution in [3.05, 3.63) is 35.9 Å². The zero-order valence-electron chi connectivity index (χ0n) is 12.9. The zero-order valence-corrected chi connectivity index (χ0v) is 12.9. The fourth-order valence-electron chi connectivity index (χ4n) is 1.72. The molecule has 0 aliphatic rings. The van der Waals surface area contributed by atoms with E-state index >= 15 is 0 Å². The molecule has 0 heterocycles. The molecule has 0 bridgehead atoms. The molecule has 0 saturated heterocycles. The first kappa shape index (κ1) is 18.3.